The molecule has 0 unspecified atom stereocenters. The Hall–Kier alpha value is -1.27. The van der Waals surface area contributed by atoms with Crippen LogP contribution in [0.3, 0.4) is 0 Å². The molecule has 5 nitrogen and oxygen atoms in total. The van der Waals surface area contributed by atoms with Crippen molar-refractivity contribution in [3.05, 3.63) is 18.2 Å². The standard InChI is InChI=1S/C18H25NO4S/c1-22-16-4-3-15(10-17(16)23-2)24(20,21)19-18-13-6-11-5-12(8-13)9-14(18)7-11/h3-4,10-14,18-19H,5-9H2,1-2H3. The third-order valence-corrected chi connectivity index (χ3v) is 7.64. The van der Waals surface area contributed by atoms with E-state index in [0.717, 1.165) is 11.8 Å². The van der Waals surface area contributed by atoms with E-state index in [0.29, 0.717) is 23.3 Å². The Morgan fingerprint density at radius 1 is 0.917 bits per heavy atom. The monoisotopic (exact) mass is 351 g/mol. The second-order valence-electron chi connectivity index (χ2n) is 7.59. The van der Waals surface area contributed by atoms with Crippen LogP contribution < -0.4 is 14.2 Å². The largest absolute Gasteiger partial charge is 0.493 e. The Morgan fingerprint density at radius 3 is 2.04 bits per heavy atom. The van der Waals surface area contributed by atoms with E-state index in [1.807, 2.05) is 0 Å². The molecular formula is C18H25NO4S. The number of methoxy groups -OCH3 is 2. The van der Waals surface area contributed by atoms with Crippen LogP contribution in [0.15, 0.2) is 23.1 Å². The highest BCUT2D eigenvalue weighted by atomic mass is 32.2. The molecule has 5 rings (SSSR count). The van der Waals surface area contributed by atoms with Gasteiger partial charge in [-0.2, -0.15) is 0 Å². The molecule has 4 bridgehead atoms. The molecule has 0 amide bonds. The molecule has 4 aliphatic carbocycles. The molecular weight excluding hydrogens is 326 g/mol. The summed E-state index contributed by atoms with van der Waals surface area (Å²) < 4.78 is 39.2. The second kappa shape index (κ2) is 5.92. The zero-order valence-electron chi connectivity index (χ0n) is 14.2. The van der Waals surface area contributed by atoms with Gasteiger partial charge < -0.3 is 9.47 Å². The lowest BCUT2D eigenvalue weighted by atomic mass is 9.54. The van der Waals surface area contributed by atoms with Gasteiger partial charge in [0.25, 0.3) is 0 Å². The fraction of sp³-hybridized carbons (Fsp3) is 0.667. The summed E-state index contributed by atoms with van der Waals surface area (Å²) in [5.41, 5.74) is 0. The van der Waals surface area contributed by atoms with Gasteiger partial charge in [-0.25, -0.2) is 13.1 Å². The van der Waals surface area contributed by atoms with Gasteiger partial charge in [-0.05, 0) is 67.9 Å². The zero-order valence-corrected chi connectivity index (χ0v) is 15.0. The predicted octanol–water partition coefficient (Wildman–Crippen LogP) is 2.81. The molecule has 24 heavy (non-hydrogen) atoms. The molecule has 0 atom stereocenters. The average Bonchev–Trinajstić information content (AvgIpc) is 2.56. The first-order chi connectivity index (χ1) is 11.5. The lowest BCUT2D eigenvalue weighted by Crippen LogP contribution is -2.55. The quantitative estimate of drug-likeness (QED) is 0.886. The lowest BCUT2D eigenvalue weighted by molar-refractivity contribution is -0.00557. The number of nitrogens with one attached hydrogen (secondary N) is 1. The highest BCUT2D eigenvalue weighted by molar-refractivity contribution is 7.89. The average molecular weight is 351 g/mol. The molecule has 4 fully saturated rings. The topological polar surface area (TPSA) is 64.6 Å². The van der Waals surface area contributed by atoms with Crippen LogP contribution in [0.4, 0.5) is 0 Å². The fourth-order valence-electron chi connectivity index (χ4n) is 5.35. The molecule has 132 valence electrons. The molecule has 1 aromatic rings. The molecule has 0 saturated heterocycles. The minimum absolute atomic E-state index is 0.0934. The minimum atomic E-state index is -3.55. The van der Waals surface area contributed by atoms with Gasteiger partial charge >= 0.3 is 0 Å². The lowest BCUT2D eigenvalue weighted by Gasteiger charge is -2.54. The summed E-state index contributed by atoms with van der Waals surface area (Å²) in [6.45, 7) is 0. The van der Waals surface area contributed by atoms with Gasteiger partial charge in [0.05, 0.1) is 19.1 Å². The summed E-state index contributed by atoms with van der Waals surface area (Å²) in [5.74, 6) is 3.65. The highest BCUT2D eigenvalue weighted by Gasteiger charge is 2.49. The maximum Gasteiger partial charge on any atom is 0.240 e. The van der Waals surface area contributed by atoms with Crippen LogP contribution in [0.5, 0.6) is 11.5 Å². The van der Waals surface area contributed by atoms with Crippen LogP contribution in [0, 0.1) is 23.7 Å². The van der Waals surface area contributed by atoms with Gasteiger partial charge in [-0.3, -0.25) is 0 Å². The van der Waals surface area contributed by atoms with Gasteiger partial charge in [-0.1, -0.05) is 0 Å². The number of sulfonamides is 1. The molecule has 0 aliphatic heterocycles. The number of benzene rings is 1. The Balaban J connectivity index is 1.57. The van der Waals surface area contributed by atoms with Crippen LogP contribution in [0.1, 0.15) is 32.1 Å². The Morgan fingerprint density at radius 2 is 1.50 bits per heavy atom. The molecule has 6 heteroatoms. The molecule has 0 radical (unpaired) electrons. The van der Waals surface area contributed by atoms with E-state index < -0.39 is 10.0 Å². The maximum absolute atomic E-state index is 12.9. The van der Waals surface area contributed by atoms with Crippen LogP contribution in [0.25, 0.3) is 0 Å². The highest BCUT2D eigenvalue weighted by Crippen LogP contribution is 2.54. The number of hydrogen-bond acceptors (Lipinski definition) is 4. The molecule has 1 N–H and O–H groups in total. The van der Waals surface area contributed by atoms with E-state index in [4.69, 9.17) is 9.47 Å². The van der Waals surface area contributed by atoms with Gasteiger partial charge in [0.1, 0.15) is 0 Å². The SMILES string of the molecule is COc1ccc(S(=O)(=O)NC2C3CC4CC(C3)CC2C4)cc1OC. The molecule has 4 saturated carbocycles. The van der Waals surface area contributed by atoms with E-state index in [1.54, 1.807) is 19.2 Å². The minimum Gasteiger partial charge on any atom is -0.493 e. The zero-order chi connectivity index (χ0) is 16.9. The van der Waals surface area contributed by atoms with Crippen molar-refractivity contribution in [2.45, 2.75) is 43.0 Å². The number of ether oxygens (including phenoxy) is 2. The van der Waals surface area contributed by atoms with Crippen molar-refractivity contribution in [1.82, 2.24) is 4.72 Å². The van der Waals surface area contributed by atoms with Crippen molar-refractivity contribution in [2.24, 2.45) is 23.7 Å². The van der Waals surface area contributed by atoms with Crippen LogP contribution in [-0.4, -0.2) is 28.7 Å². The summed E-state index contributed by atoms with van der Waals surface area (Å²) in [5, 5.41) is 0. The summed E-state index contributed by atoms with van der Waals surface area (Å²) in [7, 11) is -0.494. The van der Waals surface area contributed by atoms with Crippen LogP contribution in [0.2, 0.25) is 0 Å². The number of rotatable bonds is 5. The van der Waals surface area contributed by atoms with Gasteiger partial charge in [0.15, 0.2) is 11.5 Å². The number of hydrogen-bond donors (Lipinski definition) is 1. The van der Waals surface area contributed by atoms with Crippen molar-refractivity contribution < 1.29 is 17.9 Å². The predicted molar refractivity (Wildman–Crippen MR) is 90.7 cm³/mol. The first-order valence-corrected chi connectivity index (χ1v) is 10.2. The van der Waals surface area contributed by atoms with E-state index in [9.17, 15) is 8.42 Å². The van der Waals surface area contributed by atoms with Crippen LogP contribution in [-0.2, 0) is 10.0 Å². The third-order valence-electron chi connectivity index (χ3n) is 6.18. The van der Waals surface area contributed by atoms with Crippen LogP contribution >= 0.6 is 0 Å². The molecule has 4 aliphatic rings. The summed E-state index contributed by atoms with van der Waals surface area (Å²) in [4.78, 5) is 0.244. The summed E-state index contributed by atoms with van der Waals surface area (Å²) in [6.07, 6.45) is 6.11. The van der Waals surface area contributed by atoms with Crippen molar-refractivity contribution in [3.8, 4) is 11.5 Å². The molecule has 0 aromatic heterocycles. The van der Waals surface area contributed by atoms with E-state index in [1.165, 1.54) is 45.3 Å². The summed E-state index contributed by atoms with van der Waals surface area (Å²) in [6, 6.07) is 4.86. The first kappa shape index (κ1) is 16.2. The Bertz CT molecular complexity index is 703. The molecule has 1 aromatic carbocycles. The van der Waals surface area contributed by atoms with Crippen molar-refractivity contribution in [1.29, 1.82) is 0 Å². The van der Waals surface area contributed by atoms with Crippen molar-refractivity contribution in [2.75, 3.05) is 14.2 Å². The molecule has 0 spiro atoms. The molecule has 0 heterocycles. The van der Waals surface area contributed by atoms with Crippen molar-refractivity contribution in [3.63, 3.8) is 0 Å². The van der Waals surface area contributed by atoms with E-state index in [-0.39, 0.29) is 10.9 Å². The first-order valence-electron chi connectivity index (χ1n) is 8.74. The smallest absolute Gasteiger partial charge is 0.240 e. The third kappa shape index (κ3) is 2.69. The van der Waals surface area contributed by atoms with E-state index in [2.05, 4.69) is 4.72 Å². The summed E-state index contributed by atoms with van der Waals surface area (Å²) >= 11 is 0. The second-order valence-corrected chi connectivity index (χ2v) is 9.31. The maximum atomic E-state index is 12.9. The fourth-order valence-corrected chi connectivity index (χ4v) is 6.74. The Kier molecular flexibility index (Phi) is 4.00. The normalized spacial score (nSPS) is 34.3. The van der Waals surface area contributed by atoms with Gasteiger partial charge in [-0.15, -0.1) is 0 Å². The van der Waals surface area contributed by atoms with E-state index >= 15 is 0 Å². The van der Waals surface area contributed by atoms with Gasteiger partial charge in [0, 0.05) is 12.1 Å². The Labute approximate surface area is 143 Å². The van der Waals surface area contributed by atoms with Gasteiger partial charge in [0.2, 0.25) is 10.0 Å². The van der Waals surface area contributed by atoms with Crippen molar-refractivity contribution >= 4 is 10.0 Å².